The average molecular weight is 250 g/mol. The molecule has 18 heavy (non-hydrogen) atoms. The highest BCUT2D eigenvalue weighted by Crippen LogP contribution is 2.38. The Balaban J connectivity index is 1.97. The van der Waals surface area contributed by atoms with Crippen molar-refractivity contribution >= 4 is 0 Å². The molecule has 1 unspecified atom stereocenters. The number of hydrogen-bond acceptors (Lipinski definition) is 2. The molecule has 1 aromatic heterocycles. The monoisotopic (exact) mass is 250 g/mol. The van der Waals surface area contributed by atoms with Crippen molar-refractivity contribution in [3.8, 4) is 0 Å². The molecule has 1 aromatic carbocycles. The Morgan fingerprint density at radius 3 is 2.78 bits per heavy atom. The molecular formula is C13H12F2N2O. The predicted molar refractivity (Wildman–Crippen MR) is 60.9 cm³/mol. The molecule has 1 atom stereocenters. The largest absolute Gasteiger partial charge is 0.382 e. The van der Waals surface area contributed by atoms with Crippen LogP contribution in [0.15, 0.2) is 30.7 Å². The van der Waals surface area contributed by atoms with E-state index in [1.54, 1.807) is 6.33 Å². The van der Waals surface area contributed by atoms with E-state index >= 15 is 0 Å². The van der Waals surface area contributed by atoms with Gasteiger partial charge in [0.05, 0.1) is 18.2 Å². The molecule has 0 saturated heterocycles. The van der Waals surface area contributed by atoms with Crippen LogP contribution in [0.5, 0.6) is 0 Å². The van der Waals surface area contributed by atoms with Gasteiger partial charge in [-0.25, -0.2) is 13.8 Å². The predicted octanol–water partition coefficient (Wildman–Crippen LogP) is 2.58. The highest BCUT2D eigenvalue weighted by molar-refractivity contribution is 5.27. The van der Waals surface area contributed by atoms with Gasteiger partial charge in [-0.15, -0.1) is 0 Å². The molecule has 1 heterocycles. The zero-order valence-electron chi connectivity index (χ0n) is 9.55. The van der Waals surface area contributed by atoms with Gasteiger partial charge in [-0.3, -0.25) is 0 Å². The number of benzene rings is 1. The van der Waals surface area contributed by atoms with Gasteiger partial charge in [-0.2, -0.15) is 0 Å². The van der Waals surface area contributed by atoms with Crippen molar-refractivity contribution in [1.29, 1.82) is 0 Å². The third-order valence-corrected chi connectivity index (χ3v) is 3.17. The zero-order chi connectivity index (χ0) is 12.7. The summed E-state index contributed by atoms with van der Waals surface area (Å²) in [6.07, 6.45) is 4.13. The highest BCUT2D eigenvalue weighted by atomic mass is 19.1. The van der Waals surface area contributed by atoms with Crippen LogP contribution >= 0.6 is 0 Å². The van der Waals surface area contributed by atoms with Gasteiger partial charge in [0.1, 0.15) is 17.7 Å². The second-order valence-electron chi connectivity index (χ2n) is 4.53. The van der Waals surface area contributed by atoms with Gasteiger partial charge in [0.2, 0.25) is 0 Å². The number of aliphatic hydroxyl groups is 1. The maximum Gasteiger partial charge on any atom is 0.132 e. The second-order valence-corrected chi connectivity index (χ2v) is 4.53. The Kier molecular flexibility index (Phi) is 2.63. The van der Waals surface area contributed by atoms with Crippen LogP contribution in [0.4, 0.5) is 8.78 Å². The van der Waals surface area contributed by atoms with E-state index in [1.807, 2.05) is 4.57 Å². The molecule has 1 aliphatic carbocycles. The SMILES string of the molecule is OC(c1ccc(F)cc1F)c1cncn1C1CC1. The first-order valence-electron chi connectivity index (χ1n) is 5.81. The Labute approximate surface area is 103 Å². The molecule has 1 saturated carbocycles. The topological polar surface area (TPSA) is 38.1 Å². The molecule has 1 fully saturated rings. The van der Waals surface area contributed by atoms with E-state index < -0.39 is 17.7 Å². The number of rotatable bonds is 3. The Morgan fingerprint density at radius 2 is 2.11 bits per heavy atom. The van der Waals surface area contributed by atoms with E-state index in [0.717, 1.165) is 25.0 Å². The maximum atomic E-state index is 13.6. The van der Waals surface area contributed by atoms with Crippen LogP contribution < -0.4 is 0 Å². The van der Waals surface area contributed by atoms with Crippen molar-refractivity contribution in [2.24, 2.45) is 0 Å². The van der Waals surface area contributed by atoms with Crippen LogP contribution in [-0.4, -0.2) is 14.7 Å². The molecule has 3 nitrogen and oxygen atoms in total. The van der Waals surface area contributed by atoms with Gasteiger partial charge in [-0.05, 0) is 18.9 Å². The first kappa shape index (κ1) is 11.3. The fourth-order valence-corrected chi connectivity index (χ4v) is 2.07. The summed E-state index contributed by atoms with van der Waals surface area (Å²) in [5.74, 6) is -1.40. The molecule has 0 radical (unpaired) electrons. The molecule has 2 aromatic rings. The van der Waals surface area contributed by atoms with Crippen molar-refractivity contribution in [3.05, 3.63) is 53.6 Å². The lowest BCUT2D eigenvalue weighted by Gasteiger charge is -2.14. The number of aliphatic hydroxyl groups excluding tert-OH is 1. The number of nitrogens with zero attached hydrogens (tertiary/aromatic N) is 2. The number of imidazole rings is 1. The summed E-state index contributed by atoms with van der Waals surface area (Å²) >= 11 is 0. The average Bonchev–Trinajstić information content (AvgIpc) is 3.06. The first-order chi connectivity index (χ1) is 8.66. The van der Waals surface area contributed by atoms with E-state index in [9.17, 15) is 13.9 Å². The van der Waals surface area contributed by atoms with Crippen molar-refractivity contribution in [2.75, 3.05) is 0 Å². The standard InChI is InChI=1S/C13H12F2N2O/c14-8-1-4-10(11(15)5-8)13(18)12-6-16-7-17(12)9-2-3-9/h1,4-7,9,13,18H,2-3H2. The molecule has 1 aliphatic rings. The normalized spacial score (nSPS) is 16.8. The number of hydrogen-bond donors (Lipinski definition) is 1. The summed E-state index contributed by atoms with van der Waals surface area (Å²) in [6.45, 7) is 0. The molecular weight excluding hydrogens is 238 g/mol. The summed E-state index contributed by atoms with van der Waals surface area (Å²) in [4.78, 5) is 3.98. The lowest BCUT2D eigenvalue weighted by molar-refractivity contribution is 0.204. The van der Waals surface area contributed by atoms with Crippen molar-refractivity contribution in [2.45, 2.75) is 25.0 Å². The summed E-state index contributed by atoms with van der Waals surface area (Å²) in [5, 5.41) is 10.2. The summed E-state index contributed by atoms with van der Waals surface area (Å²) in [5.41, 5.74) is 0.613. The van der Waals surface area contributed by atoms with Gasteiger partial charge in [0, 0.05) is 17.7 Å². The van der Waals surface area contributed by atoms with Gasteiger partial charge in [-0.1, -0.05) is 6.07 Å². The van der Waals surface area contributed by atoms with Crippen molar-refractivity contribution in [3.63, 3.8) is 0 Å². The summed E-state index contributed by atoms with van der Waals surface area (Å²) in [7, 11) is 0. The fourth-order valence-electron chi connectivity index (χ4n) is 2.07. The van der Waals surface area contributed by atoms with Gasteiger partial charge in [0.15, 0.2) is 0 Å². The van der Waals surface area contributed by atoms with Gasteiger partial charge in [0.25, 0.3) is 0 Å². The van der Waals surface area contributed by atoms with Crippen molar-refractivity contribution in [1.82, 2.24) is 9.55 Å². The lowest BCUT2D eigenvalue weighted by atomic mass is 10.1. The molecule has 0 spiro atoms. The van der Waals surface area contributed by atoms with Crippen molar-refractivity contribution < 1.29 is 13.9 Å². The van der Waals surface area contributed by atoms with Crippen LogP contribution in [0.2, 0.25) is 0 Å². The number of halogens is 2. The lowest BCUT2D eigenvalue weighted by Crippen LogP contribution is -2.09. The second kappa shape index (κ2) is 4.17. The molecule has 0 bridgehead atoms. The third kappa shape index (κ3) is 1.90. The fraction of sp³-hybridized carbons (Fsp3) is 0.308. The molecule has 0 aliphatic heterocycles. The van der Waals surface area contributed by atoms with Gasteiger partial charge >= 0.3 is 0 Å². The minimum atomic E-state index is -1.12. The van der Waals surface area contributed by atoms with E-state index in [4.69, 9.17) is 0 Å². The van der Waals surface area contributed by atoms with Crippen LogP contribution in [0.1, 0.15) is 36.2 Å². The van der Waals surface area contributed by atoms with Crippen LogP contribution in [0.3, 0.4) is 0 Å². The smallest absolute Gasteiger partial charge is 0.132 e. The van der Waals surface area contributed by atoms with Crippen LogP contribution in [0, 0.1) is 11.6 Å². The molecule has 3 rings (SSSR count). The summed E-state index contributed by atoms with van der Waals surface area (Å²) in [6, 6.07) is 3.52. The molecule has 5 heteroatoms. The first-order valence-corrected chi connectivity index (χ1v) is 5.81. The van der Waals surface area contributed by atoms with E-state index in [2.05, 4.69) is 4.98 Å². The van der Waals surface area contributed by atoms with E-state index in [0.29, 0.717) is 11.7 Å². The van der Waals surface area contributed by atoms with Crippen LogP contribution in [0.25, 0.3) is 0 Å². The highest BCUT2D eigenvalue weighted by Gasteiger charge is 2.28. The summed E-state index contributed by atoms with van der Waals surface area (Å²) < 4.78 is 28.3. The third-order valence-electron chi connectivity index (χ3n) is 3.17. The maximum absolute atomic E-state index is 13.6. The quantitative estimate of drug-likeness (QED) is 0.909. The Morgan fingerprint density at radius 1 is 1.33 bits per heavy atom. The van der Waals surface area contributed by atoms with Crippen LogP contribution in [-0.2, 0) is 0 Å². The minimum absolute atomic E-state index is 0.0683. The Hall–Kier alpha value is -1.75. The molecule has 94 valence electrons. The van der Waals surface area contributed by atoms with E-state index in [1.165, 1.54) is 12.3 Å². The Bertz CT molecular complexity index is 578. The zero-order valence-corrected chi connectivity index (χ0v) is 9.55. The molecule has 0 amide bonds. The molecule has 1 N–H and O–H groups in total. The minimum Gasteiger partial charge on any atom is -0.382 e. The number of aromatic nitrogens is 2. The van der Waals surface area contributed by atoms with Gasteiger partial charge < -0.3 is 9.67 Å². The van der Waals surface area contributed by atoms with E-state index in [-0.39, 0.29) is 5.56 Å².